The van der Waals surface area contributed by atoms with Gasteiger partial charge < -0.3 is 0 Å². The number of nitrogens with zero attached hydrogens (tertiary/aromatic N) is 1. The first kappa shape index (κ1) is 14.6. The minimum atomic E-state index is -3.93. The van der Waals surface area contributed by atoms with Crippen LogP contribution in [-0.2, 0) is 14.3 Å². The van der Waals surface area contributed by atoms with Crippen molar-refractivity contribution in [3.05, 3.63) is 47.9 Å². The van der Waals surface area contributed by atoms with E-state index in [2.05, 4.69) is 4.98 Å². The van der Waals surface area contributed by atoms with Crippen molar-refractivity contribution in [2.24, 2.45) is 0 Å². The van der Waals surface area contributed by atoms with Crippen LogP contribution in [-0.4, -0.2) is 20.0 Å². The highest BCUT2D eigenvalue weighted by Crippen LogP contribution is 2.29. The average Bonchev–Trinajstić information content (AvgIpc) is 2.38. The van der Waals surface area contributed by atoms with Gasteiger partial charge in [-0.15, -0.1) is 0 Å². The van der Waals surface area contributed by atoms with Gasteiger partial charge in [0.05, 0.1) is 6.61 Å². The molecular weight excluding hydrogens is 281 g/mol. The van der Waals surface area contributed by atoms with Crippen LogP contribution in [0.2, 0.25) is 0 Å². The zero-order valence-corrected chi connectivity index (χ0v) is 11.9. The summed E-state index contributed by atoms with van der Waals surface area (Å²) in [6.07, 6.45) is 1.41. The van der Waals surface area contributed by atoms with Crippen LogP contribution in [0.15, 0.2) is 41.4 Å². The molecule has 1 aromatic carbocycles. The number of halogens is 1. The highest BCUT2D eigenvalue weighted by molar-refractivity contribution is 7.87. The monoisotopic (exact) mass is 295 g/mol. The van der Waals surface area contributed by atoms with Crippen LogP contribution in [0.4, 0.5) is 4.39 Å². The molecule has 0 bridgehead atoms. The fraction of sp³-hybridized carbons (Fsp3) is 0.214. The Bertz CT molecular complexity index is 729. The Morgan fingerprint density at radius 1 is 1.30 bits per heavy atom. The van der Waals surface area contributed by atoms with Gasteiger partial charge in [-0.2, -0.15) is 8.42 Å². The number of hydrogen-bond donors (Lipinski definition) is 0. The molecular formula is C14H14FNO3S. The van der Waals surface area contributed by atoms with Gasteiger partial charge in [0, 0.05) is 11.8 Å². The fourth-order valence-corrected chi connectivity index (χ4v) is 2.95. The van der Waals surface area contributed by atoms with E-state index >= 15 is 0 Å². The second-order valence-corrected chi connectivity index (χ2v) is 5.78. The van der Waals surface area contributed by atoms with Crippen molar-refractivity contribution < 1.29 is 17.0 Å². The molecule has 2 aromatic rings. The fourth-order valence-electron chi connectivity index (χ4n) is 1.85. The molecule has 1 heterocycles. The van der Waals surface area contributed by atoms with Gasteiger partial charge in [0.15, 0.2) is 0 Å². The van der Waals surface area contributed by atoms with E-state index in [0.29, 0.717) is 0 Å². The molecule has 0 amide bonds. The lowest BCUT2D eigenvalue weighted by atomic mass is 10.1. The van der Waals surface area contributed by atoms with Gasteiger partial charge in [0.25, 0.3) is 10.1 Å². The van der Waals surface area contributed by atoms with Crippen molar-refractivity contribution in [3.8, 4) is 11.3 Å². The number of hydrogen-bond acceptors (Lipinski definition) is 4. The van der Waals surface area contributed by atoms with Gasteiger partial charge in [0.1, 0.15) is 16.4 Å². The highest BCUT2D eigenvalue weighted by Gasteiger charge is 2.22. The molecule has 0 radical (unpaired) electrons. The molecule has 6 heteroatoms. The zero-order chi connectivity index (χ0) is 14.8. The van der Waals surface area contributed by atoms with Gasteiger partial charge in [-0.25, -0.2) is 4.39 Å². The standard InChI is InChI=1S/C14H14FNO3S/c1-3-19-20(17,18)13-7-6-10(2)9-11(13)14-12(15)5-4-8-16-14/h4-9H,3H2,1-2H3. The summed E-state index contributed by atoms with van der Waals surface area (Å²) >= 11 is 0. The number of aryl methyl sites for hydroxylation is 1. The molecule has 1 aromatic heterocycles. The molecule has 0 saturated heterocycles. The van der Waals surface area contributed by atoms with Crippen LogP contribution in [0.3, 0.4) is 0 Å². The van der Waals surface area contributed by atoms with Crippen molar-refractivity contribution in [1.29, 1.82) is 0 Å². The molecule has 0 atom stereocenters. The Hall–Kier alpha value is -1.79. The number of rotatable bonds is 4. The lowest BCUT2D eigenvalue weighted by Gasteiger charge is -2.11. The van der Waals surface area contributed by atoms with Crippen LogP contribution in [0.25, 0.3) is 11.3 Å². The van der Waals surface area contributed by atoms with Gasteiger partial charge in [-0.1, -0.05) is 11.6 Å². The van der Waals surface area contributed by atoms with Crippen LogP contribution in [0.5, 0.6) is 0 Å². The Morgan fingerprint density at radius 2 is 2.05 bits per heavy atom. The number of pyridine rings is 1. The van der Waals surface area contributed by atoms with E-state index in [1.807, 2.05) is 0 Å². The van der Waals surface area contributed by atoms with Crippen LogP contribution >= 0.6 is 0 Å². The van der Waals surface area contributed by atoms with Gasteiger partial charge in [0.2, 0.25) is 0 Å². The summed E-state index contributed by atoms with van der Waals surface area (Å²) in [7, 11) is -3.93. The Labute approximate surface area is 117 Å². The van der Waals surface area contributed by atoms with E-state index in [1.54, 1.807) is 26.0 Å². The minimum absolute atomic E-state index is 0.00511. The van der Waals surface area contributed by atoms with Gasteiger partial charge in [-0.05, 0) is 38.1 Å². The van der Waals surface area contributed by atoms with Crippen molar-refractivity contribution in [2.75, 3.05) is 6.61 Å². The third kappa shape index (κ3) is 2.86. The van der Waals surface area contributed by atoms with Gasteiger partial charge in [-0.3, -0.25) is 9.17 Å². The van der Waals surface area contributed by atoms with Crippen molar-refractivity contribution in [3.63, 3.8) is 0 Å². The normalized spacial score (nSPS) is 11.6. The summed E-state index contributed by atoms with van der Waals surface area (Å²) in [4.78, 5) is 3.85. The first-order valence-corrected chi connectivity index (χ1v) is 7.47. The average molecular weight is 295 g/mol. The molecule has 0 saturated carbocycles. The molecule has 0 N–H and O–H groups in total. The summed E-state index contributed by atoms with van der Waals surface area (Å²) in [5.74, 6) is -0.578. The maximum absolute atomic E-state index is 13.9. The van der Waals surface area contributed by atoms with Crippen molar-refractivity contribution in [2.45, 2.75) is 18.7 Å². The third-order valence-corrected chi connectivity index (χ3v) is 4.13. The van der Waals surface area contributed by atoms with Crippen molar-refractivity contribution >= 4 is 10.1 Å². The van der Waals surface area contributed by atoms with E-state index in [9.17, 15) is 12.8 Å². The molecule has 0 aliphatic rings. The maximum atomic E-state index is 13.9. The molecule has 4 nitrogen and oxygen atoms in total. The van der Waals surface area contributed by atoms with E-state index in [0.717, 1.165) is 5.56 Å². The number of benzene rings is 1. The van der Waals surface area contributed by atoms with E-state index < -0.39 is 15.9 Å². The predicted octanol–water partition coefficient (Wildman–Crippen LogP) is 2.92. The summed E-state index contributed by atoms with van der Waals surface area (Å²) in [5.41, 5.74) is 1.01. The van der Waals surface area contributed by atoms with Gasteiger partial charge >= 0.3 is 0 Å². The molecule has 0 spiro atoms. The first-order chi connectivity index (χ1) is 9.45. The Morgan fingerprint density at radius 3 is 2.70 bits per heavy atom. The summed E-state index contributed by atoms with van der Waals surface area (Å²) in [6, 6.07) is 7.31. The second kappa shape index (κ2) is 5.68. The molecule has 106 valence electrons. The molecule has 2 rings (SSSR count). The largest absolute Gasteiger partial charge is 0.297 e. The predicted molar refractivity (Wildman–Crippen MR) is 73.2 cm³/mol. The van der Waals surface area contributed by atoms with Crippen LogP contribution in [0.1, 0.15) is 12.5 Å². The molecule has 0 aliphatic heterocycles. The van der Waals surface area contributed by atoms with Crippen LogP contribution in [0, 0.1) is 12.7 Å². The van der Waals surface area contributed by atoms with E-state index in [4.69, 9.17) is 4.18 Å². The smallest absolute Gasteiger partial charge is 0.267 e. The quantitative estimate of drug-likeness (QED) is 0.814. The van der Waals surface area contributed by atoms with Crippen molar-refractivity contribution in [1.82, 2.24) is 4.98 Å². The lowest BCUT2D eigenvalue weighted by Crippen LogP contribution is -2.08. The molecule has 20 heavy (non-hydrogen) atoms. The molecule has 0 aliphatic carbocycles. The Balaban J connectivity index is 2.70. The molecule has 0 unspecified atom stereocenters. The molecule has 0 fully saturated rings. The minimum Gasteiger partial charge on any atom is -0.267 e. The summed E-state index contributed by atoms with van der Waals surface area (Å²) in [6.45, 7) is 3.38. The number of aromatic nitrogens is 1. The van der Waals surface area contributed by atoms with E-state index in [-0.39, 0.29) is 22.8 Å². The topological polar surface area (TPSA) is 56.3 Å². The SMILES string of the molecule is CCOS(=O)(=O)c1ccc(C)cc1-c1ncccc1F. The zero-order valence-electron chi connectivity index (χ0n) is 11.1. The van der Waals surface area contributed by atoms with E-state index in [1.165, 1.54) is 24.4 Å². The highest BCUT2D eigenvalue weighted by atomic mass is 32.2. The summed E-state index contributed by atoms with van der Waals surface area (Å²) in [5, 5.41) is 0. The lowest BCUT2D eigenvalue weighted by molar-refractivity contribution is 0.338. The van der Waals surface area contributed by atoms with Crippen LogP contribution < -0.4 is 0 Å². The Kier molecular flexibility index (Phi) is 4.15. The summed E-state index contributed by atoms with van der Waals surface area (Å²) < 4.78 is 42.8. The third-order valence-electron chi connectivity index (χ3n) is 2.69. The second-order valence-electron chi connectivity index (χ2n) is 4.19. The first-order valence-electron chi connectivity index (χ1n) is 6.06. The maximum Gasteiger partial charge on any atom is 0.297 e.